The number of halogens is 6. The molecule has 17 heteroatoms. The molecule has 3 aromatic rings. The summed E-state index contributed by atoms with van der Waals surface area (Å²) in [5.74, 6) is -0.958. The molecule has 5 rings (SSSR count). The van der Waals surface area contributed by atoms with E-state index in [9.17, 15) is 31.5 Å². The summed E-state index contributed by atoms with van der Waals surface area (Å²) in [6, 6.07) is 17.3. The molecular weight excluding hydrogens is 747 g/mol. The second-order valence-corrected chi connectivity index (χ2v) is 14.7. The van der Waals surface area contributed by atoms with E-state index in [2.05, 4.69) is 49.5 Å². The summed E-state index contributed by atoms with van der Waals surface area (Å²) in [7, 11) is 0. The highest BCUT2D eigenvalue weighted by atomic mass is 35.5. The maximum absolute atomic E-state index is 14.0. The SMILES string of the molecule is C=N/C=N\N(CC(F)F)c1cc(C(COC(=O)NC2(C(F)(F)F)CC2)N2C(=O)C(c3ccc(-c4ccc(C#N)cc4)cc3)N=C2N)ccc1Cl.CC(C)(C)C. The minimum Gasteiger partial charge on any atom is -0.447 e. The smallest absolute Gasteiger partial charge is 0.411 e. The van der Waals surface area contributed by atoms with Crippen LogP contribution < -0.4 is 16.1 Å². The molecule has 3 aromatic carbocycles. The third-order valence-electron chi connectivity index (χ3n) is 8.09. The Balaban J connectivity index is 0.00000126. The number of amides is 2. The lowest BCUT2D eigenvalue weighted by atomic mass is 9.99. The van der Waals surface area contributed by atoms with Crippen LogP contribution in [0.2, 0.25) is 5.02 Å². The van der Waals surface area contributed by atoms with Crippen molar-refractivity contribution >= 4 is 48.3 Å². The number of hydrazone groups is 1. The number of carbonyl (C=O) groups excluding carboxylic acids is 2. The van der Waals surface area contributed by atoms with Crippen molar-refractivity contribution in [1.29, 1.82) is 5.26 Å². The van der Waals surface area contributed by atoms with Crippen LogP contribution in [-0.4, -0.2) is 67.2 Å². The quantitative estimate of drug-likeness (QED) is 0.0815. The molecule has 1 saturated carbocycles. The van der Waals surface area contributed by atoms with Crippen LogP contribution in [0.15, 0.2) is 81.8 Å². The van der Waals surface area contributed by atoms with Crippen molar-refractivity contribution in [3.8, 4) is 17.2 Å². The van der Waals surface area contributed by atoms with Gasteiger partial charge in [0.25, 0.3) is 12.3 Å². The van der Waals surface area contributed by atoms with E-state index in [1.807, 2.05) is 11.4 Å². The second-order valence-electron chi connectivity index (χ2n) is 14.3. The molecular formula is C38H40ClF5N8O3. The summed E-state index contributed by atoms with van der Waals surface area (Å²) >= 11 is 6.35. The highest BCUT2D eigenvalue weighted by Crippen LogP contribution is 2.49. The van der Waals surface area contributed by atoms with Crippen LogP contribution in [-0.2, 0) is 9.53 Å². The molecule has 11 nitrogen and oxygen atoms in total. The van der Waals surface area contributed by atoms with Crippen molar-refractivity contribution in [3.63, 3.8) is 0 Å². The Labute approximate surface area is 320 Å². The Hall–Kier alpha value is -5.56. The monoisotopic (exact) mass is 786 g/mol. The zero-order valence-corrected chi connectivity index (χ0v) is 31.2. The molecule has 0 radical (unpaired) electrons. The van der Waals surface area contributed by atoms with Gasteiger partial charge in [0.05, 0.1) is 28.4 Å². The molecule has 2 atom stereocenters. The van der Waals surface area contributed by atoms with E-state index in [4.69, 9.17) is 27.3 Å². The number of nitrogens with one attached hydrogen (secondary N) is 1. The average Bonchev–Trinajstić information content (AvgIpc) is 3.85. The van der Waals surface area contributed by atoms with E-state index in [1.54, 1.807) is 48.5 Å². The molecule has 1 heterocycles. The highest BCUT2D eigenvalue weighted by Gasteiger charge is 2.64. The van der Waals surface area contributed by atoms with Gasteiger partial charge in [-0.1, -0.05) is 81.8 Å². The zero-order chi connectivity index (χ0) is 40.7. The topological polar surface area (TPSA) is 149 Å². The van der Waals surface area contributed by atoms with E-state index in [0.717, 1.165) is 27.4 Å². The van der Waals surface area contributed by atoms with Gasteiger partial charge in [0, 0.05) is 0 Å². The fourth-order valence-corrected chi connectivity index (χ4v) is 5.52. The molecule has 2 aliphatic rings. The normalized spacial score (nSPS) is 16.8. The number of hydrogen-bond donors (Lipinski definition) is 2. The predicted molar refractivity (Wildman–Crippen MR) is 201 cm³/mol. The van der Waals surface area contributed by atoms with Crippen LogP contribution >= 0.6 is 11.6 Å². The number of aliphatic imine (C=N–C) groups is 2. The van der Waals surface area contributed by atoms with Gasteiger partial charge in [-0.05, 0) is 71.5 Å². The number of anilines is 1. The minimum atomic E-state index is -4.71. The first-order valence-electron chi connectivity index (χ1n) is 16.9. The minimum absolute atomic E-state index is 0.0245. The first-order chi connectivity index (χ1) is 25.8. The van der Waals surface area contributed by atoms with Crippen LogP contribution in [0.1, 0.15) is 69.3 Å². The van der Waals surface area contributed by atoms with Gasteiger partial charge < -0.3 is 15.8 Å². The summed E-state index contributed by atoms with van der Waals surface area (Å²) in [5.41, 5.74) is 6.99. The van der Waals surface area contributed by atoms with E-state index >= 15 is 0 Å². The van der Waals surface area contributed by atoms with Crippen molar-refractivity contribution in [3.05, 3.63) is 88.4 Å². The van der Waals surface area contributed by atoms with Gasteiger partial charge in [-0.2, -0.15) is 23.5 Å². The Morgan fingerprint density at radius 3 is 2.22 bits per heavy atom. The van der Waals surface area contributed by atoms with Gasteiger partial charge in [-0.3, -0.25) is 19.7 Å². The molecule has 292 valence electrons. The van der Waals surface area contributed by atoms with Crippen LogP contribution in [0.4, 0.5) is 32.4 Å². The number of alkyl halides is 5. The largest absolute Gasteiger partial charge is 0.447 e. The Kier molecular flexibility index (Phi) is 13.2. The maximum atomic E-state index is 14.0. The number of rotatable bonds is 12. The lowest BCUT2D eigenvalue weighted by molar-refractivity contribution is -0.164. The molecule has 1 aliphatic heterocycles. The highest BCUT2D eigenvalue weighted by molar-refractivity contribution is 6.33. The number of nitrogens with two attached hydrogens (primary N) is 1. The van der Waals surface area contributed by atoms with Crippen LogP contribution in [0, 0.1) is 16.7 Å². The van der Waals surface area contributed by atoms with Crippen molar-refractivity contribution < 1.29 is 36.3 Å². The number of hydrogen-bond acceptors (Lipinski definition) is 8. The molecule has 1 aliphatic carbocycles. The molecule has 55 heavy (non-hydrogen) atoms. The molecule has 1 fully saturated rings. The number of nitriles is 1. The lowest BCUT2D eigenvalue weighted by Gasteiger charge is -2.30. The molecule has 2 amide bonds. The number of benzene rings is 3. The summed E-state index contributed by atoms with van der Waals surface area (Å²) in [4.78, 5) is 35.4. The second kappa shape index (κ2) is 17.3. The molecule has 3 N–H and O–H groups in total. The van der Waals surface area contributed by atoms with Crippen molar-refractivity contribution in [1.82, 2.24) is 10.2 Å². The van der Waals surface area contributed by atoms with Gasteiger partial charge in [0.15, 0.2) is 12.0 Å². The van der Waals surface area contributed by atoms with Crippen molar-refractivity contribution in [2.24, 2.45) is 26.2 Å². The molecule has 0 spiro atoms. The van der Waals surface area contributed by atoms with Gasteiger partial charge in [-0.15, -0.1) is 0 Å². The Morgan fingerprint density at radius 1 is 1.13 bits per heavy atom. The van der Waals surface area contributed by atoms with Crippen molar-refractivity contribution in [2.75, 3.05) is 18.2 Å². The first-order valence-corrected chi connectivity index (χ1v) is 17.3. The summed E-state index contributed by atoms with van der Waals surface area (Å²) in [6.07, 6.45) is -8.71. The van der Waals surface area contributed by atoms with Crippen LogP contribution in [0.25, 0.3) is 11.1 Å². The zero-order valence-electron chi connectivity index (χ0n) is 30.4. The van der Waals surface area contributed by atoms with E-state index in [1.165, 1.54) is 18.2 Å². The molecule has 2 unspecified atom stereocenters. The fraction of sp³-hybridized carbons (Fsp3) is 0.368. The first kappa shape index (κ1) is 42.2. The molecule has 0 saturated heterocycles. The lowest BCUT2D eigenvalue weighted by Crippen LogP contribution is -2.49. The van der Waals surface area contributed by atoms with E-state index in [0.29, 0.717) is 16.5 Å². The third kappa shape index (κ3) is 11.0. The number of nitrogens with zero attached hydrogens (tertiary/aromatic N) is 6. The molecule has 0 bridgehead atoms. The number of ether oxygens (including phenoxy) is 1. The van der Waals surface area contributed by atoms with Gasteiger partial charge in [0.1, 0.15) is 25.0 Å². The summed E-state index contributed by atoms with van der Waals surface area (Å²) < 4.78 is 72.7. The van der Waals surface area contributed by atoms with E-state index < -0.39 is 55.4 Å². The summed E-state index contributed by atoms with van der Waals surface area (Å²) in [5, 5.41) is 15.6. The standard InChI is InChI=1S/C33H28ClF5N8O3.C5H12/c1-42-18-43-46(16-27(35)36)25-14-23(10-11-24(25)34)26(17-50-31(49)45-32(12-13-32)33(37,38)39)47-29(48)28(44-30(47)41)22-8-6-21(7-9-22)20-4-2-19(15-40)3-5-20;1-5(2,3)4/h2-11,14,18,26-28H,1,12-13,16-17H2,(H2,41,44)(H,45,49);1-4H3/b43-18-;. The third-order valence-corrected chi connectivity index (χ3v) is 8.41. The van der Waals surface area contributed by atoms with E-state index in [-0.39, 0.29) is 35.1 Å². The van der Waals surface area contributed by atoms with Crippen LogP contribution in [0.3, 0.4) is 0 Å². The predicted octanol–water partition coefficient (Wildman–Crippen LogP) is 8.41. The van der Waals surface area contributed by atoms with Gasteiger partial charge >= 0.3 is 12.3 Å². The van der Waals surface area contributed by atoms with Crippen molar-refractivity contribution in [2.45, 2.75) is 70.8 Å². The summed E-state index contributed by atoms with van der Waals surface area (Å²) in [6.45, 7) is 10.4. The molecule has 0 aromatic heterocycles. The Morgan fingerprint density at radius 2 is 1.71 bits per heavy atom. The van der Waals surface area contributed by atoms with Gasteiger partial charge in [-0.25, -0.2) is 18.6 Å². The van der Waals surface area contributed by atoms with Gasteiger partial charge in [0.2, 0.25) is 0 Å². The maximum Gasteiger partial charge on any atom is 0.411 e. The number of alkyl carbamates (subject to hydrolysis) is 1. The Bertz CT molecular complexity index is 1950. The fourth-order valence-electron chi connectivity index (χ4n) is 5.30. The van der Waals surface area contributed by atoms with Crippen LogP contribution in [0.5, 0.6) is 0 Å². The number of guanidine groups is 1. The number of carbonyl (C=O) groups is 2. The average molecular weight is 787 g/mol.